The highest BCUT2D eigenvalue weighted by molar-refractivity contribution is 7.79. The first-order valence-corrected chi connectivity index (χ1v) is 13.2. The Kier molecular flexibility index (Phi) is 6.70. The van der Waals surface area contributed by atoms with Gasteiger partial charge in [0.1, 0.15) is 18.0 Å². The molecule has 0 bridgehead atoms. The Morgan fingerprint density at radius 2 is 1.86 bits per heavy atom. The first-order valence-electron chi connectivity index (χ1n) is 7.60. The summed E-state index contributed by atoms with van der Waals surface area (Å²) in [7, 11) is -14.3. The molecule has 0 saturated heterocycles. The van der Waals surface area contributed by atoms with Crippen molar-refractivity contribution in [3.63, 3.8) is 0 Å². The minimum atomic E-state index is -4.91. The Morgan fingerprint density at radius 1 is 1.25 bits per heavy atom. The summed E-state index contributed by atoms with van der Waals surface area (Å²) in [5, 5.41) is 0. The van der Waals surface area contributed by atoms with Gasteiger partial charge in [0, 0.05) is 12.1 Å². The molecule has 2 rings (SSSR count). The van der Waals surface area contributed by atoms with Crippen molar-refractivity contribution in [2.24, 2.45) is 5.92 Å². The first kappa shape index (κ1) is 23.3. The van der Waals surface area contributed by atoms with Gasteiger partial charge in [-0.05, 0) is 6.42 Å². The number of hydrogen-bond acceptors (Lipinski definition) is 7. The van der Waals surface area contributed by atoms with E-state index in [0.29, 0.717) is 10.8 Å². The number of nitrogens with zero attached hydrogens (tertiary/aromatic N) is 2. The molecular weight excluding hydrogens is 449 g/mol. The molecule has 0 amide bonds. The van der Waals surface area contributed by atoms with Crippen LogP contribution in [0.25, 0.3) is 0 Å². The molecular formula is C11H18F2N3O9P3. The summed E-state index contributed by atoms with van der Waals surface area (Å²) in [6.07, 6.45) is -1.15. The number of nitrogen functional groups attached to an aromatic ring is 1. The van der Waals surface area contributed by atoms with E-state index in [1.54, 1.807) is 0 Å². The van der Waals surface area contributed by atoms with E-state index in [4.69, 9.17) is 15.5 Å². The van der Waals surface area contributed by atoms with Gasteiger partial charge >= 0.3 is 20.9 Å². The van der Waals surface area contributed by atoms with Crippen LogP contribution in [0.2, 0.25) is 0 Å². The number of hydrogen-bond donors (Lipinski definition) is 5. The number of anilines is 1. The van der Waals surface area contributed by atoms with Crippen molar-refractivity contribution in [3.8, 4) is 0 Å². The predicted octanol–water partition coefficient (Wildman–Crippen LogP) is 0.429. The van der Waals surface area contributed by atoms with Gasteiger partial charge in [0.05, 0.1) is 12.6 Å². The molecule has 0 radical (unpaired) electrons. The fraction of sp³-hybridized carbons (Fsp3) is 0.636. The van der Waals surface area contributed by atoms with E-state index in [1.165, 1.54) is 0 Å². The highest BCUT2D eigenvalue weighted by Crippen LogP contribution is 2.63. The molecule has 6 N–H and O–H groups in total. The fourth-order valence-corrected chi connectivity index (χ4v) is 9.13. The molecule has 28 heavy (non-hydrogen) atoms. The van der Waals surface area contributed by atoms with Crippen LogP contribution in [0, 0.1) is 11.7 Å². The Labute approximate surface area is 156 Å². The zero-order valence-corrected chi connectivity index (χ0v) is 16.7. The minimum Gasteiger partial charge on any atom is -0.381 e. The van der Waals surface area contributed by atoms with Gasteiger partial charge in [-0.1, -0.05) is 0 Å². The van der Waals surface area contributed by atoms with Crippen LogP contribution in [0.3, 0.4) is 0 Å². The standard InChI is InChI=1S/C11H18F2N3O9P3/c12-7-2-16(11(17)15-10(7)14)8-1-6(9(8)13)3-25-28(23,24)5-26(18,19)4-27(20,21)22/h2,6,8-9H,1,3-5H2,(H,18,19)(H,23,24)(H2,14,15,17)(H2,20,21,22)/t6-,8-,9-/m0/s1. The van der Waals surface area contributed by atoms with E-state index in [0.717, 1.165) is 0 Å². The van der Waals surface area contributed by atoms with Gasteiger partial charge in [-0.25, -0.2) is 13.6 Å². The van der Waals surface area contributed by atoms with Crippen LogP contribution in [-0.4, -0.2) is 53.7 Å². The molecule has 17 heteroatoms. The summed E-state index contributed by atoms with van der Waals surface area (Å²) in [6, 6.07) is -1.10. The summed E-state index contributed by atoms with van der Waals surface area (Å²) in [5.41, 5.74) is 4.16. The highest BCUT2D eigenvalue weighted by Gasteiger charge is 2.45. The second-order valence-electron chi connectivity index (χ2n) is 6.40. The maximum absolute atomic E-state index is 14.3. The summed E-state index contributed by atoms with van der Waals surface area (Å²) >= 11 is 0. The molecule has 12 nitrogen and oxygen atoms in total. The van der Waals surface area contributed by atoms with E-state index >= 15 is 0 Å². The zero-order chi connectivity index (χ0) is 21.5. The van der Waals surface area contributed by atoms with Crippen molar-refractivity contribution in [2.75, 3.05) is 24.1 Å². The monoisotopic (exact) mass is 467 g/mol. The van der Waals surface area contributed by atoms with Crippen molar-refractivity contribution in [1.82, 2.24) is 9.55 Å². The molecule has 1 heterocycles. The van der Waals surface area contributed by atoms with Gasteiger partial charge in [0.25, 0.3) is 0 Å². The normalized spacial score (nSPS) is 26.9. The number of halogens is 2. The van der Waals surface area contributed by atoms with Crippen LogP contribution in [0.5, 0.6) is 0 Å². The van der Waals surface area contributed by atoms with Gasteiger partial charge in [-0.15, -0.1) is 0 Å². The third-order valence-electron chi connectivity index (χ3n) is 3.95. The molecule has 0 aromatic carbocycles. The molecule has 0 aliphatic heterocycles. The maximum Gasteiger partial charge on any atom is 0.350 e. The van der Waals surface area contributed by atoms with Crippen molar-refractivity contribution in [1.29, 1.82) is 0 Å². The van der Waals surface area contributed by atoms with Crippen LogP contribution in [-0.2, 0) is 18.2 Å². The van der Waals surface area contributed by atoms with Crippen LogP contribution >= 0.6 is 22.6 Å². The van der Waals surface area contributed by atoms with E-state index < -0.39 is 76.4 Å². The average Bonchev–Trinajstić information content (AvgIpc) is 2.46. The molecule has 2 unspecified atom stereocenters. The Balaban J connectivity index is 1.95. The molecule has 1 fully saturated rings. The lowest BCUT2D eigenvalue weighted by molar-refractivity contribution is 0.00376. The number of rotatable bonds is 8. The number of nitrogens with two attached hydrogens (primary N) is 1. The molecule has 0 spiro atoms. The molecule has 1 saturated carbocycles. The molecule has 1 aliphatic rings. The Bertz CT molecular complexity index is 951. The lowest BCUT2D eigenvalue weighted by atomic mass is 9.78. The van der Waals surface area contributed by atoms with Gasteiger partial charge in [-0.2, -0.15) is 4.98 Å². The van der Waals surface area contributed by atoms with Crippen molar-refractivity contribution in [3.05, 3.63) is 22.5 Å². The summed E-state index contributed by atoms with van der Waals surface area (Å²) in [5.74, 6) is -5.54. The molecule has 160 valence electrons. The first-order chi connectivity index (χ1) is 12.6. The molecule has 1 aliphatic carbocycles. The quantitative estimate of drug-likeness (QED) is 0.332. The van der Waals surface area contributed by atoms with Gasteiger partial charge in [0.15, 0.2) is 11.6 Å². The smallest absolute Gasteiger partial charge is 0.350 e. The van der Waals surface area contributed by atoms with Gasteiger partial charge in [0.2, 0.25) is 7.37 Å². The van der Waals surface area contributed by atoms with E-state index in [-0.39, 0.29) is 6.42 Å². The van der Waals surface area contributed by atoms with E-state index in [1.807, 2.05) is 0 Å². The average molecular weight is 467 g/mol. The largest absolute Gasteiger partial charge is 0.381 e. The molecule has 1 aromatic heterocycles. The Morgan fingerprint density at radius 3 is 2.39 bits per heavy atom. The maximum atomic E-state index is 14.3. The summed E-state index contributed by atoms with van der Waals surface area (Å²) < 4.78 is 67.3. The second-order valence-corrected chi connectivity index (χ2v) is 13.2. The fourth-order valence-electron chi connectivity index (χ4n) is 2.68. The molecule has 1 aromatic rings. The number of aromatic nitrogens is 2. The third-order valence-corrected chi connectivity index (χ3v) is 10.9. The molecule has 5 atom stereocenters. The third kappa shape index (κ3) is 6.01. The lowest BCUT2D eigenvalue weighted by Crippen LogP contribution is -2.46. The summed E-state index contributed by atoms with van der Waals surface area (Å²) in [6.45, 7) is -0.666. The predicted molar refractivity (Wildman–Crippen MR) is 92.3 cm³/mol. The van der Waals surface area contributed by atoms with Gasteiger partial charge < -0.3 is 29.8 Å². The van der Waals surface area contributed by atoms with Crippen molar-refractivity contribution < 1.29 is 46.6 Å². The number of alkyl halides is 1. The Hall–Kier alpha value is -0.970. The zero-order valence-electron chi connectivity index (χ0n) is 14.0. The van der Waals surface area contributed by atoms with Crippen molar-refractivity contribution >= 4 is 28.4 Å². The van der Waals surface area contributed by atoms with E-state index in [9.17, 15) is 37.1 Å². The van der Waals surface area contributed by atoms with Crippen LogP contribution < -0.4 is 11.4 Å². The lowest BCUT2D eigenvalue weighted by Gasteiger charge is -2.40. The second kappa shape index (κ2) is 8.04. The van der Waals surface area contributed by atoms with Crippen LogP contribution in [0.15, 0.2) is 11.0 Å². The SMILES string of the molecule is Nc1nc(=O)n([C@H]2C[C@@H](COP(=O)(O)CP(=O)(O)CP(=O)(O)O)[C@@H]2F)cc1F. The minimum absolute atomic E-state index is 0.0780. The van der Waals surface area contributed by atoms with Crippen LogP contribution in [0.4, 0.5) is 14.6 Å². The van der Waals surface area contributed by atoms with Crippen LogP contribution in [0.1, 0.15) is 12.5 Å². The van der Waals surface area contributed by atoms with E-state index in [2.05, 4.69) is 9.51 Å². The van der Waals surface area contributed by atoms with Crippen molar-refractivity contribution in [2.45, 2.75) is 18.6 Å². The van der Waals surface area contributed by atoms with Gasteiger partial charge in [-0.3, -0.25) is 18.3 Å². The summed E-state index contributed by atoms with van der Waals surface area (Å²) in [4.78, 5) is 51.3. The topological polar surface area (TPSA) is 202 Å². The highest BCUT2D eigenvalue weighted by atomic mass is 31.3.